The number of likely N-dealkylation sites (tertiary alicyclic amines) is 1. The van der Waals surface area contributed by atoms with E-state index in [4.69, 9.17) is 10.4 Å². The molecule has 1 heterocycles. The minimum absolute atomic E-state index is 0.244. The SMILES string of the molecule is N#CCCN1CCCCC1CCC(=O)O. The van der Waals surface area contributed by atoms with E-state index in [-0.39, 0.29) is 6.42 Å². The van der Waals surface area contributed by atoms with Crippen molar-refractivity contribution in [1.29, 1.82) is 5.26 Å². The van der Waals surface area contributed by atoms with Crippen molar-refractivity contribution in [2.24, 2.45) is 0 Å². The second-order valence-corrected chi connectivity index (χ2v) is 4.03. The summed E-state index contributed by atoms with van der Waals surface area (Å²) in [5.41, 5.74) is 0. The third kappa shape index (κ3) is 4.30. The van der Waals surface area contributed by atoms with Gasteiger partial charge in [0, 0.05) is 25.4 Å². The molecule has 4 nitrogen and oxygen atoms in total. The smallest absolute Gasteiger partial charge is 0.303 e. The molecule has 15 heavy (non-hydrogen) atoms. The van der Waals surface area contributed by atoms with E-state index in [1.807, 2.05) is 0 Å². The van der Waals surface area contributed by atoms with Gasteiger partial charge in [0.2, 0.25) is 0 Å². The molecule has 1 aliphatic rings. The van der Waals surface area contributed by atoms with Crippen molar-refractivity contribution in [3.8, 4) is 6.07 Å². The Morgan fingerprint density at radius 2 is 2.33 bits per heavy atom. The predicted octanol–water partition coefficient (Wildman–Crippen LogP) is 1.62. The molecule has 0 bridgehead atoms. The number of hydrogen-bond donors (Lipinski definition) is 1. The summed E-state index contributed by atoms with van der Waals surface area (Å²) in [4.78, 5) is 12.8. The van der Waals surface area contributed by atoms with Crippen LogP contribution in [0.2, 0.25) is 0 Å². The Balaban J connectivity index is 2.36. The van der Waals surface area contributed by atoms with Crippen molar-refractivity contribution in [3.63, 3.8) is 0 Å². The van der Waals surface area contributed by atoms with Crippen molar-refractivity contribution in [2.45, 2.75) is 44.6 Å². The molecule has 84 valence electrons. The van der Waals surface area contributed by atoms with Crippen LogP contribution in [-0.4, -0.2) is 35.1 Å². The Hall–Kier alpha value is -1.08. The van der Waals surface area contributed by atoms with Gasteiger partial charge in [-0.25, -0.2) is 0 Å². The number of hydrogen-bond acceptors (Lipinski definition) is 3. The van der Waals surface area contributed by atoms with Crippen LogP contribution in [0.25, 0.3) is 0 Å². The summed E-state index contributed by atoms with van der Waals surface area (Å²) in [6, 6.07) is 2.52. The normalized spacial score (nSPS) is 22.2. The Morgan fingerprint density at radius 3 is 3.00 bits per heavy atom. The minimum Gasteiger partial charge on any atom is -0.481 e. The maximum atomic E-state index is 10.5. The first-order chi connectivity index (χ1) is 7.24. The van der Waals surface area contributed by atoms with Crippen LogP contribution >= 0.6 is 0 Å². The number of aliphatic carboxylic acids is 1. The van der Waals surface area contributed by atoms with Gasteiger partial charge in [-0.15, -0.1) is 0 Å². The third-order valence-corrected chi connectivity index (χ3v) is 2.95. The third-order valence-electron chi connectivity index (χ3n) is 2.95. The first-order valence-corrected chi connectivity index (χ1v) is 5.57. The summed E-state index contributed by atoms with van der Waals surface area (Å²) in [7, 11) is 0. The first kappa shape index (κ1) is 12.0. The van der Waals surface area contributed by atoms with E-state index < -0.39 is 5.97 Å². The average molecular weight is 210 g/mol. The fourth-order valence-electron chi connectivity index (χ4n) is 2.16. The van der Waals surface area contributed by atoms with E-state index in [0.29, 0.717) is 12.5 Å². The van der Waals surface area contributed by atoms with E-state index in [1.54, 1.807) is 0 Å². The maximum Gasteiger partial charge on any atom is 0.303 e. The summed E-state index contributed by atoms with van der Waals surface area (Å²) in [6.45, 7) is 1.81. The molecular formula is C11H18N2O2. The van der Waals surface area contributed by atoms with Gasteiger partial charge >= 0.3 is 5.97 Å². The summed E-state index contributed by atoms with van der Waals surface area (Å²) < 4.78 is 0. The van der Waals surface area contributed by atoms with Crippen LogP contribution in [0.4, 0.5) is 0 Å². The van der Waals surface area contributed by atoms with Gasteiger partial charge in [0.1, 0.15) is 0 Å². The average Bonchev–Trinajstić information content (AvgIpc) is 2.24. The fourth-order valence-corrected chi connectivity index (χ4v) is 2.16. The van der Waals surface area contributed by atoms with Gasteiger partial charge < -0.3 is 5.11 Å². The van der Waals surface area contributed by atoms with Crippen LogP contribution in [-0.2, 0) is 4.79 Å². The summed E-state index contributed by atoms with van der Waals surface area (Å²) >= 11 is 0. The molecule has 1 unspecified atom stereocenters. The number of carboxylic acids is 1. The molecule has 4 heteroatoms. The summed E-state index contributed by atoms with van der Waals surface area (Å²) in [5.74, 6) is -0.721. The van der Waals surface area contributed by atoms with Gasteiger partial charge in [-0.05, 0) is 25.8 Å². The summed E-state index contributed by atoms with van der Waals surface area (Å²) in [6.07, 6.45) is 4.96. The highest BCUT2D eigenvalue weighted by Crippen LogP contribution is 2.20. The van der Waals surface area contributed by atoms with Crippen LogP contribution in [0, 0.1) is 11.3 Å². The van der Waals surface area contributed by atoms with Crippen molar-refractivity contribution in [1.82, 2.24) is 4.90 Å². The Bertz CT molecular complexity index is 247. The standard InChI is InChI=1S/C11H18N2O2/c12-7-3-9-13-8-2-1-4-10(13)5-6-11(14)15/h10H,1-6,8-9H2,(H,14,15). The number of nitrogens with zero attached hydrogens (tertiary/aromatic N) is 2. The fraction of sp³-hybridized carbons (Fsp3) is 0.818. The molecule has 0 aromatic rings. The molecule has 0 aromatic heterocycles. The maximum absolute atomic E-state index is 10.5. The molecule has 1 atom stereocenters. The minimum atomic E-state index is -0.721. The molecule has 1 aliphatic heterocycles. The first-order valence-electron chi connectivity index (χ1n) is 5.57. The quantitative estimate of drug-likeness (QED) is 0.749. The topological polar surface area (TPSA) is 64.3 Å². The molecule has 0 aliphatic carbocycles. The van der Waals surface area contributed by atoms with Crippen LogP contribution < -0.4 is 0 Å². The van der Waals surface area contributed by atoms with E-state index in [9.17, 15) is 4.79 Å². The van der Waals surface area contributed by atoms with Gasteiger partial charge in [0.25, 0.3) is 0 Å². The van der Waals surface area contributed by atoms with Gasteiger partial charge in [0.15, 0.2) is 0 Å². The van der Waals surface area contributed by atoms with Crippen LogP contribution in [0.15, 0.2) is 0 Å². The number of piperidine rings is 1. The van der Waals surface area contributed by atoms with Crippen LogP contribution in [0.3, 0.4) is 0 Å². The highest BCUT2D eigenvalue weighted by molar-refractivity contribution is 5.66. The van der Waals surface area contributed by atoms with E-state index in [2.05, 4.69) is 11.0 Å². The highest BCUT2D eigenvalue weighted by atomic mass is 16.4. The molecule has 1 rings (SSSR count). The van der Waals surface area contributed by atoms with Gasteiger partial charge in [-0.2, -0.15) is 5.26 Å². The molecular weight excluding hydrogens is 192 g/mol. The second kappa shape index (κ2) is 6.41. The lowest BCUT2D eigenvalue weighted by Gasteiger charge is -2.35. The largest absolute Gasteiger partial charge is 0.481 e. The Morgan fingerprint density at radius 1 is 1.53 bits per heavy atom. The van der Waals surface area contributed by atoms with Crippen molar-refractivity contribution >= 4 is 5.97 Å². The Labute approximate surface area is 90.5 Å². The zero-order valence-electron chi connectivity index (χ0n) is 8.98. The van der Waals surface area contributed by atoms with Crippen molar-refractivity contribution in [3.05, 3.63) is 0 Å². The van der Waals surface area contributed by atoms with E-state index in [0.717, 1.165) is 25.9 Å². The number of carbonyl (C=O) groups is 1. The second-order valence-electron chi connectivity index (χ2n) is 4.03. The van der Waals surface area contributed by atoms with Gasteiger partial charge in [-0.3, -0.25) is 9.69 Å². The van der Waals surface area contributed by atoms with Gasteiger partial charge in [-0.1, -0.05) is 6.42 Å². The number of carboxylic acid groups (broad SMARTS) is 1. The van der Waals surface area contributed by atoms with Crippen LogP contribution in [0.1, 0.15) is 38.5 Å². The lowest BCUT2D eigenvalue weighted by atomic mass is 9.98. The van der Waals surface area contributed by atoms with E-state index in [1.165, 1.54) is 12.8 Å². The number of rotatable bonds is 5. The lowest BCUT2D eigenvalue weighted by Crippen LogP contribution is -2.40. The Kier molecular flexibility index (Phi) is 5.13. The van der Waals surface area contributed by atoms with Gasteiger partial charge in [0.05, 0.1) is 6.07 Å². The zero-order valence-corrected chi connectivity index (χ0v) is 8.98. The number of nitriles is 1. The molecule has 0 radical (unpaired) electrons. The molecule has 1 N–H and O–H groups in total. The molecule has 0 saturated carbocycles. The van der Waals surface area contributed by atoms with Crippen molar-refractivity contribution in [2.75, 3.05) is 13.1 Å². The lowest BCUT2D eigenvalue weighted by molar-refractivity contribution is -0.137. The van der Waals surface area contributed by atoms with Crippen molar-refractivity contribution < 1.29 is 9.90 Å². The molecule has 0 spiro atoms. The monoisotopic (exact) mass is 210 g/mol. The summed E-state index contributed by atoms with van der Waals surface area (Å²) in [5, 5.41) is 17.2. The van der Waals surface area contributed by atoms with E-state index >= 15 is 0 Å². The molecule has 0 amide bonds. The zero-order chi connectivity index (χ0) is 11.1. The van der Waals surface area contributed by atoms with Crippen LogP contribution in [0.5, 0.6) is 0 Å². The molecule has 1 saturated heterocycles. The molecule has 0 aromatic carbocycles. The predicted molar refractivity (Wildman–Crippen MR) is 56.3 cm³/mol. The highest BCUT2D eigenvalue weighted by Gasteiger charge is 2.22. The molecule has 1 fully saturated rings.